The maximum Gasteiger partial charge on any atom is 0.416 e. The molecule has 2 aromatic heterocycles. The first kappa shape index (κ1) is 29.3. The number of carbonyl (C=O) groups excluding carboxylic acids is 1. The fraction of sp³-hybridized carbons (Fsp3) is 0.321. The summed E-state index contributed by atoms with van der Waals surface area (Å²) in [5, 5.41) is 11.9. The lowest BCUT2D eigenvalue weighted by Gasteiger charge is -2.07. The Morgan fingerprint density at radius 1 is 1.14 bits per heavy atom. The Morgan fingerprint density at radius 3 is 2.65 bits per heavy atom. The number of halogens is 3. The predicted molar refractivity (Wildman–Crippen MR) is 137 cm³/mol. The van der Waals surface area contributed by atoms with Crippen molar-refractivity contribution in [1.29, 1.82) is 0 Å². The molecule has 2 heterocycles. The molecule has 1 amide bonds. The number of alkyl halides is 3. The van der Waals surface area contributed by atoms with Crippen molar-refractivity contribution >= 4 is 5.91 Å². The number of allylic oxidation sites excluding steroid dienone is 4. The van der Waals surface area contributed by atoms with Gasteiger partial charge in [0, 0.05) is 56.3 Å². The number of aliphatic hydroxyl groups excluding tert-OH is 1. The molecule has 0 aromatic carbocycles. The highest BCUT2D eigenvalue weighted by Crippen LogP contribution is 2.27. The summed E-state index contributed by atoms with van der Waals surface area (Å²) in [6, 6.07) is 6.62. The predicted octanol–water partition coefficient (Wildman–Crippen LogP) is 5.17. The molecular formula is C28H31F3N4O2. The number of hydrogen-bond donors (Lipinski definition) is 3. The highest BCUT2D eigenvalue weighted by molar-refractivity contribution is 5.93. The maximum atomic E-state index is 13.3. The van der Waals surface area contributed by atoms with E-state index in [0.717, 1.165) is 30.6 Å². The van der Waals surface area contributed by atoms with Gasteiger partial charge in [0.2, 0.25) is 0 Å². The third-order valence-electron chi connectivity index (χ3n) is 5.23. The summed E-state index contributed by atoms with van der Waals surface area (Å²) in [5.41, 5.74) is 1.59. The van der Waals surface area contributed by atoms with Gasteiger partial charge in [-0.1, -0.05) is 24.6 Å². The molecule has 0 saturated carbocycles. The zero-order chi connectivity index (χ0) is 26.9. The summed E-state index contributed by atoms with van der Waals surface area (Å²) >= 11 is 0. The van der Waals surface area contributed by atoms with Crippen LogP contribution < -0.4 is 5.32 Å². The van der Waals surface area contributed by atoms with Gasteiger partial charge in [0.25, 0.3) is 5.91 Å². The molecule has 0 aliphatic heterocycles. The number of carbonyl (C=O) groups is 1. The molecule has 196 valence electrons. The van der Waals surface area contributed by atoms with E-state index in [2.05, 4.69) is 26.2 Å². The number of H-pyrrole nitrogens is 1. The Morgan fingerprint density at radius 2 is 1.95 bits per heavy atom. The second-order valence-corrected chi connectivity index (χ2v) is 8.04. The van der Waals surface area contributed by atoms with Gasteiger partial charge in [-0.05, 0) is 49.1 Å². The number of aromatic amines is 1. The number of terminal acetylenes is 1. The maximum absolute atomic E-state index is 13.3. The molecule has 37 heavy (non-hydrogen) atoms. The van der Waals surface area contributed by atoms with Gasteiger partial charge in [-0.15, -0.1) is 12.3 Å². The molecule has 0 spiro atoms. The molecule has 0 aliphatic rings. The minimum atomic E-state index is -4.52. The average molecular weight is 513 g/mol. The van der Waals surface area contributed by atoms with Gasteiger partial charge in [-0.25, -0.2) is 0 Å². The molecule has 3 N–H and O–H groups in total. The number of aryl methyl sites for hydroxylation is 1. The van der Waals surface area contributed by atoms with Gasteiger partial charge in [0.05, 0.1) is 17.0 Å². The molecule has 2 rings (SSSR count). The minimum absolute atomic E-state index is 0.0784. The van der Waals surface area contributed by atoms with Gasteiger partial charge in [0.15, 0.2) is 0 Å². The third-order valence-corrected chi connectivity index (χ3v) is 5.23. The van der Waals surface area contributed by atoms with Crippen molar-refractivity contribution in [3.63, 3.8) is 0 Å². The van der Waals surface area contributed by atoms with Crippen molar-refractivity contribution in [1.82, 2.24) is 20.3 Å². The smallest absolute Gasteiger partial charge is 0.396 e. The first-order valence-corrected chi connectivity index (χ1v) is 11.9. The van der Waals surface area contributed by atoms with Crippen molar-refractivity contribution in [3.8, 4) is 12.3 Å². The fourth-order valence-corrected chi connectivity index (χ4v) is 3.30. The van der Waals surface area contributed by atoms with Crippen molar-refractivity contribution in [2.24, 2.45) is 0 Å². The highest BCUT2D eigenvalue weighted by Gasteiger charge is 2.31. The van der Waals surface area contributed by atoms with E-state index in [-0.39, 0.29) is 25.4 Å². The summed E-state index contributed by atoms with van der Waals surface area (Å²) in [5.74, 6) is 1.90. The zero-order valence-corrected chi connectivity index (χ0v) is 20.5. The van der Waals surface area contributed by atoms with Crippen LogP contribution in [0.1, 0.15) is 53.0 Å². The van der Waals surface area contributed by atoms with Gasteiger partial charge < -0.3 is 15.4 Å². The lowest BCUT2D eigenvalue weighted by Crippen LogP contribution is -2.22. The molecule has 0 atom stereocenters. The van der Waals surface area contributed by atoms with Gasteiger partial charge in [-0.3, -0.25) is 14.8 Å². The molecular weight excluding hydrogens is 481 g/mol. The summed E-state index contributed by atoms with van der Waals surface area (Å²) in [6.45, 7) is 0.440. The molecule has 2 aromatic rings. The number of nitrogens with one attached hydrogen (secondary N) is 2. The van der Waals surface area contributed by atoms with E-state index >= 15 is 0 Å². The minimum Gasteiger partial charge on any atom is -0.396 e. The van der Waals surface area contributed by atoms with E-state index in [1.54, 1.807) is 30.6 Å². The zero-order valence-electron chi connectivity index (χ0n) is 20.5. The van der Waals surface area contributed by atoms with Crippen LogP contribution in [-0.4, -0.2) is 38.7 Å². The van der Waals surface area contributed by atoms with E-state index in [1.807, 2.05) is 6.07 Å². The Hall–Kier alpha value is -3.90. The molecule has 0 unspecified atom stereocenters. The van der Waals surface area contributed by atoms with Crippen LogP contribution >= 0.6 is 0 Å². The van der Waals surface area contributed by atoms with Crippen LogP contribution in [0.4, 0.5) is 13.2 Å². The first-order valence-electron chi connectivity index (χ1n) is 11.9. The summed E-state index contributed by atoms with van der Waals surface area (Å²) in [4.78, 5) is 24.4. The summed E-state index contributed by atoms with van der Waals surface area (Å²) in [6.07, 6.45) is 13.1. The number of rotatable bonds is 12. The molecule has 0 aliphatic carbocycles. The second-order valence-electron chi connectivity index (χ2n) is 8.04. The van der Waals surface area contributed by atoms with Crippen LogP contribution in [-0.2, 0) is 19.4 Å². The average Bonchev–Trinajstić information content (AvgIpc) is 3.39. The largest absolute Gasteiger partial charge is 0.416 e. The van der Waals surface area contributed by atoms with Gasteiger partial charge >= 0.3 is 6.18 Å². The third kappa shape index (κ3) is 11.1. The Balaban J connectivity index is 2.30. The standard InChI is InChI=1S/C28H31F3N4O2/c1-2-3-10-24(28(29,30)31)11-7-13-26-25(12-5-4-6-19-36)34-18-15-23(9-8-16-33-26)27(37)35-21-22-14-17-32-20-22/h1,7-11,14-18,20,32,36H,3-6,12-13,19,21H2,(H,35,37)/b9-8?,11-7-,16-8?,18-15?,23-9?,23-15?,24-10+,26-25?,33-16?,33-26?,34-18?,34-25?. The van der Waals surface area contributed by atoms with Crippen molar-refractivity contribution in [3.05, 3.63) is 95.4 Å². The van der Waals surface area contributed by atoms with Crippen LogP contribution in [0, 0.1) is 12.3 Å². The molecule has 0 saturated heterocycles. The van der Waals surface area contributed by atoms with Crippen molar-refractivity contribution in [2.75, 3.05) is 6.61 Å². The number of aliphatic hydroxyl groups is 1. The normalized spacial score (nSPS) is 11.7. The Kier molecular flexibility index (Phi) is 12.7. The van der Waals surface area contributed by atoms with E-state index in [0.29, 0.717) is 36.3 Å². The van der Waals surface area contributed by atoms with E-state index in [1.165, 1.54) is 18.5 Å². The van der Waals surface area contributed by atoms with E-state index in [9.17, 15) is 18.0 Å². The van der Waals surface area contributed by atoms with Crippen LogP contribution in [0.25, 0.3) is 0 Å². The lowest BCUT2D eigenvalue weighted by atomic mass is 10.1. The first-order chi connectivity index (χ1) is 17.8. The van der Waals surface area contributed by atoms with Crippen LogP contribution in [0.15, 0.2) is 72.9 Å². The van der Waals surface area contributed by atoms with Crippen molar-refractivity contribution < 1.29 is 23.1 Å². The van der Waals surface area contributed by atoms with Crippen LogP contribution in [0.5, 0.6) is 0 Å². The molecule has 9 heteroatoms. The number of hydrogen-bond acceptors (Lipinski definition) is 4. The molecule has 0 radical (unpaired) electrons. The Bertz CT molecular complexity index is 1150. The topological polar surface area (TPSA) is 90.9 Å². The van der Waals surface area contributed by atoms with E-state index < -0.39 is 11.7 Å². The highest BCUT2D eigenvalue weighted by atomic mass is 19.4. The number of aromatic nitrogens is 3. The van der Waals surface area contributed by atoms with Crippen LogP contribution in [0.2, 0.25) is 0 Å². The van der Waals surface area contributed by atoms with Crippen LogP contribution in [0.3, 0.4) is 0 Å². The summed E-state index contributed by atoms with van der Waals surface area (Å²) in [7, 11) is 0. The number of nitrogens with zero attached hydrogens (tertiary/aromatic N) is 2. The quantitative estimate of drug-likeness (QED) is 0.208. The number of unbranched alkanes of at least 4 members (excludes halogenated alkanes) is 2. The molecule has 6 nitrogen and oxygen atoms in total. The monoisotopic (exact) mass is 512 g/mol. The number of amides is 1. The van der Waals surface area contributed by atoms with Gasteiger partial charge in [-0.2, -0.15) is 13.2 Å². The van der Waals surface area contributed by atoms with Crippen molar-refractivity contribution in [2.45, 2.75) is 51.2 Å². The molecule has 0 fully saturated rings. The second kappa shape index (κ2) is 16.0. The SMILES string of the molecule is C#CC/C=C(\C=C/Cc1ncccc(C(=O)NCc2cc[nH]c2)ccnc1CCCCCO)C(F)(F)F. The fourth-order valence-electron chi connectivity index (χ4n) is 3.30. The van der Waals surface area contributed by atoms with E-state index in [4.69, 9.17) is 11.5 Å². The Labute approximate surface area is 215 Å². The summed E-state index contributed by atoms with van der Waals surface area (Å²) < 4.78 is 39.8. The molecule has 0 bridgehead atoms. The van der Waals surface area contributed by atoms with Gasteiger partial charge in [0.1, 0.15) is 0 Å². The lowest BCUT2D eigenvalue weighted by molar-refractivity contribution is -0.0884.